The van der Waals surface area contributed by atoms with E-state index >= 15 is 0 Å². The van der Waals surface area contributed by atoms with E-state index in [-0.39, 0.29) is 0 Å². The zero-order valence-corrected chi connectivity index (χ0v) is 11.2. The van der Waals surface area contributed by atoms with Crippen LogP contribution in [0.2, 0.25) is 0 Å². The maximum absolute atomic E-state index is 5.89. The number of aryl methyl sites for hydroxylation is 1. The fourth-order valence-electron chi connectivity index (χ4n) is 1.98. The van der Waals surface area contributed by atoms with Crippen LogP contribution in [0.4, 0.5) is 0 Å². The van der Waals surface area contributed by atoms with Crippen molar-refractivity contribution in [1.82, 2.24) is 15.2 Å². The van der Waals surface area contributed by atoms with Crippen LogP contribution in [0.25, 0.3) is 11.4 Å². The Morgan fingerprint density at radius 3 is 2.50 bits per heavy atom. The minimum Gasteiger partial charge on any atom is -0.488 e. The van der Waals surface area contributed by atoms with Crippen LogP contribution in [-0.4, -0.2) is 15.2 Å². The van der Waals surface area contributed by atoms with Gasteiger partial charge in [-0.05, 0) is 24.6 Å². The number of rotatable bonds is 4. The second-order valence-electron chi connectivity index (χ2n) is 4.51. The van der Waals surface area contributed by atoms with Crippen molar-refractivity contribution in [3.8, 4) is 17.1 Å². The van der Waals surface area contributed by atoms with Gasteiger partial charge in [0.25, 0.3) is 0 Å². The number of ether oxygens (including phenoxy) is 1. The predicted molar refractivity (Wildman–Crippen MR) is 77.3 cm³/mol. The first-order chi connectivity index (χ1) is 9.83. The van der Waals surface area contributed by atoms with Gasteiger partial charge >= 0.3 is 0 Å². The number of para-hydroxylation sites is 1. The molecular weight excluding hydrogens is 250 g/mol. The lowest BCUT2D eigenvalue weighted by molar-refractivity contribution is 0.307. The number of hydrogen-bond acceptors (Lipinski definition) is 3. The van der Waals surface area contributed by atoms with Crippen LogP contribution in [0.15, 0.2) is 54.6 Å². The van der Waals surface area contributed by atoms with E-state index in [4.69, 9.17) is 4.74 Å². The Hall–Kier alpha value is -2.62. The summed E-state index contributed by atoms with van der Waals surface area (Å²) in [6, 6.07) is 17.9. The molecule has 0 saturated heterocycles. The summed E-state index contributed by atoms with van der Waals surface area (Å²) < 4.78 is 5.89. The van der Waals surface area contributed by atoms with Gasteiger partial charge in [0.1, 0.15) is 18.2 Å². The molecule has 0 spiro atoms. The summed E-state index contributed by atoms with van der Waals surface area (Å²) in [5.41, 5.74) is 2.03. The van der Waals surface area contributed by atoms with Gasteiger partial charge in [0, 0.05) is 0 Å². The Morgan fingerprint density at radius 2 is 1.75 bits per heavy atom. The minimum atomic E-state index is 0.529. The second kappa shape index (κ2) is 5.57. The minimum absolute atomic E-state index is 0.529. The molecular formula is C16H15N3O. The van der Waals surface area contributed by atoms with Gasteiger partial charge in [0.05, 0.1) is 5.56 Å². The lowest BCUT2D eigenvalue weighted by atomic mass is 10.2. The molecule has 100 valence electrons. The lowest BCUT2D eigenvalue weighted by Gasteiger charge is -2.09. The Morgan fingerprint density at radius 1 is 1.00 bits per heavy atom. The number of nitrogens with zero attached hydrogens (tertiary/aromatic N) is 2. The molecule has 0 aliphatic carbocycles. The van der Waals surface area contributed by atoms with Crippen molar-refractivity contribution in [3.63, 3.8) is 0 Å². The average Bonchev–Trinajstić information content (AvgIpc) is 2.93. The summed E-state index contributed by atoms with van der Waals surface area (Å²) in [7, 11) is 0. The molecule has 3 aromatic rings. The van der Waals surface area contributed by atoms with Gasteiger partial charge < -0.3 is 4.74 Å². The first-order valence-corrected chi connectivity index (χ1v) is 6.48. The Balaban J connectivity index is 1.83. The summed E-state index contributed by atoms with van der Waals surface area (Å²) in [5.74, 6) is 2.24. The van der Waals surface area contributed by atoms with Crippen LogP contribution >= 0.6 is 0 Å². The molecule has 20 heavy (non-hydrogen) atoms. The zero-order valence-electron chi connectivity index (χ0n) is 11.2. The van der Waals surface area contributed by atoms with Crippen molar-refractivity contribution < 1.29 is 4.74 Å². The third-order valence-corrected chi connectivity index (χ3v) is 2.96. The molecule has 0 bridgehead atoms. The van der Waals surface area contributed by atoms with Crippen molar-refractivity contribution >= 4 is 0 Å². The first-order valence-electron chi connectivity index (χ1n) is 6.48. The highest BCUT2D eigenvalue weighted by molar-refractivity contribution is 5.63. The zero-order chi connectivity index (χ0) is 13.8. The molecule has 1 aromatic heterocycles. The molecule has 2 aromatic carbocycles. The Bertz CT molecular complexity index is 692. The lowest BCUT2D eigenvalue weighted by Crippen LogP contribution is -1.97. The normalized spacial score (nSPS) is 10.4. The van der Waals surface area contributed by atoms with Gasteiger partial charge in [-0.2, -0.15) is 5.10 Å². The van der Waals surface area contributed by atoms with Crippen LogP contribution in [0.3, 0.4) is 0 Å². The molecule has 0 saturated carbocycles. The quantitative estimate of drug-likeness (QED) is 0.787. The van der Waals surface area contributed by atoms with E-state index in [0.717, 1.165) is 22.7 Å². The average molecular weight is 265 g/mol. The molecule has 0 radical (unpaired) electrons. The SMILES string of the molecule is Cc1nc(-c2ccccc2OCc2ccccc2)n[nH]1. The molecule has 4 nitrogen and oxygen atoms in total. The van der Waals surface area contributed by atoms with Crippen molar-refractivity contribution in [3.05, 3.63) is 66.0 Å². The highest BCUT2D eigenvalue weighted by Gasteiger charge is 2.10. The van der Waals surface area contributed by atoms with Crippen molar-refractivity contribution in [2.45, 2.75) is 13.5 Å². The van der Waals surface area contributed by atoms with Crippen molar-refractivity contribution in [2.24, 2.45) is 0 Å². The molecule has 0 aliphatic heterocycles. The van der Waals surface area contributed by atoms with Crippen LogP contribution in [0.5, 0.6) is 5.75 Å². The summed E-state index contributed by atoms with van der Waals surface area (Å²) in [6.45, 7) is 2.41. The van der Waals surface area contributed by atoms with Crippen LogP contribution in [-0.2, 0) is 6.61 Å². The molecule has 1 heterocycles. The van der Waals surface area contributed by atoms with E-state index in [0.29, 0.717) is 12.4 Å². The molecule has 0 aliphatic rings. The largest absolute Gasteiger partial charge is 0.488 e. The topological polar surface area (TPSA) is 50.8 Å². The highest BCUT2D eigenvalue weighted by Crippen LogP contribution is 2.27. The van der Waals surface area contributed by atoms with Crippen LogP contribution < -0.4 is 4.74 Å². The third-order valence-electron chi connectivity index (χ3n) is 2.96. The van der Waals surface area contributed by atoms with Crippen molar-refractivity contribution in [1.29, 1.82) is 0 Å². The number of aromatic amines is 1. The first kappa shape index (κ1) is 12.4. The molecule has 3 rings (SSSR count). The van der Waals surface area contributed by atoms with E-state index in [2.05, 4.69) is 15.2 Å². The summed E-state index contributed by atoms with van der Waals surface area (Å²) in [4.78, 5) is 4.35. The fraction of sp³-hybridized carbons (Fsp3) is 0.125. The molecule has 1 N–H and O–H groups in total. The third kappa shape index (κ3) is 2.69. The van der Waals surface area contributed by atoms with Gasteiger partial charge in [-0.3, -0.25) is 5.10 Å². The van der Waals surface area contributed by atoms with Gasteiger partial charge in [0.15, 0.2) is 5.82 Å². The number of nitrogens with one attached hydrogen (secondary N) is 1. The summed E-state index contributed by atoms with van der Waals surface area (Å²) >= 11 is 0. The van der Waals surface area contributed by atoms with E-state index < -0.39 is 0 Å². The smallest absolute Gasteiger partial charge is 0.184 e. The molecule has 0 fully saturated rings. The van der Waals surface area contributed by atoms with E-state index in [1.165, 1.54) is 0 Å². The summed E-state index contributed by atoms with van der Waals surface area (Å²) in [5, 5.41) is 7.04. The van der Waals surface area contributed by atoms with Gasteiger partial charge in [0.2, 0.25) is 0 Å². The fourth-order valence-corrected chi connectivity index (χ4v) is 1.98. The van der Waals surface area contributed by atoms with Gasteiger partial charge in [-0.25, -0.2) is 4.98 Å². The summed E-state index contributed by atoms with van der Waals surface area (Å²) in [6.07, 6.45) is 0. The number of benzene rings is 2. The van der Waals surface area contributed by atoms with Gasteiger partial charge in [-0.15, -0.1) is 0 Å². The van der Waals surface area contributed by atoms with E-state index in [1.54, 1.807) is 0 Å². The molecule has 4 heteroatoms. The second-order valence-corrected chi connectivity index (χ2v) is 4.51. The van der Waals surface area contributed by atoms with E-state index in [9.17, 15) is 0 Å². The number of aromatic nitrogens is 3. The standard InChI is InChI=1S/C16H15N3O/c1-12-17-16(19-18-12)14-9-5-6-10-15(14)20-11-13-7-3-2-4-8-13/h2-10H,11H2,1H3,(H,17,18,19). The van der Waals surface area contributed by atoms with Crippen molar-refractivity contribution in [2.75, 3.05) is 0 Å². The maximum Gasteiger partial charge on any atom is 0.184 e. The Kier molecular flexibility index (Phi) is 3.46. The number of H-pyrrole nitrogens is 1. The van der Waals surface area contributed by atoms with Gasteiger partial charge in [-0.1, -0.05) is 42.5 Å². The van der Waals surface area contributed by atoms with Crippen LogP contribution in [0, 0.1) is 6.92 Å². The molecule has 0 atom stereocenters. The predicted octanol–water partition coefficient (Wildman–Crippen LogP) is 3.36. The monoisotopic (exact) mass is 265 g/mol. The highest BCUT2D eigenvalue weighted by atomic mass is 16.5. The Labute approximate surface area is 117 Å². The van der Waals surface area contributed by atoms with E-state index in [1.807, 2.05) is 61.5 Å². The number of hydrogen-bond donors (Lipinski definition) is 1. The maximum atomic E-state index is 5.89. The van der Waals surface area contributed by atoms with Crippen LogP contribution in [0.1, 0.15) is 11.4 Å². The molecule has 0 unspecified atom stereocenters. The molecule has 0 amide bonds.